The quantitative estimate of drug-likeness (QED) is 0.744. The Morgan fingerprint density at radius 1 is 1.50 bits per heavy atom. The Bertz CT molecular complexity index is 374. The number of ether oxygens (including phenoxy) is 1. The normalized spacial score (nSPS) is 10.3. The first-order chi connectivity index (χ1) is 8.72. The molecular weight excluding hydrogens is 314 g/mol. The Morgan fingerprint density at radius 3 is 3.06 bits per heavy atom. The summed E-state index contributed by atoms with van der Waals surface area (Å²) < 4.78 is 5.99. The minimum absolute atomic E-state index is 0.0890. The average molecular weight is 332 g/mol. The maximum Gasteiger partial charge on any atom is 0.230 e. The van der Waals surface area contributed by atoms with E-state index in [0.29, 0.717) is 18.9 Å². The molecule has 0 spiro atoms. The highest BCUT2D eigenvalue weighted by molar-refractivity contribution is 9.10. The van der Waals surface area contributed by atoms with Crippen LogP contribution in [0.1, 0.15) is 12.0 Å². The van der Waals surface area contributed by atoms with Gasteiger partial charge in [0.25, 0.3) is 0 Å². The van der Waals surface area contributed by atoms with Crippen LogP contribution in [-0.2, 0) is 15.3 Å². The van der Waals surface area contributed by atoms with Crippen molar-refractivity contribution in [3.63, 3.8) is 0 Å². The number of rotatable bonds is 8. The van der Waals surface area contributed by atoms with Crippen LogP contribution in [0, 0.1) is 0 Å². The summed E-state index contributed by atoms with van der Waals surface area (Å²) >= 11 is 5.05. The van der Waals surface area contributed by atoms with Gasteiger partial charge >= 0.3 is 0 Å². The smallest absolute Gasteiger partial charge is 0.230 e. The fourth-order valence-electron chi connectivity index (χ4n) is 1.38. The third-order valence-corrected chi connectivity index (χ3v) is 3.74. The maximum atomic E-state index is 11.5. The second-order valence-corrected chi connectivity index (χ2v) is 5.72. The molecule has 0 radical (unpaired) electrons. The SMILES string of the molecule is COCCCNC(=O)CSCc1cccc(Br)c1. The van der Waals surface area contributed by atoms with Gasteiger partial charge in [0.05, 0.1) is 5.75 Å². The summed E-state index contributed by atoms with van der Waals surface area (Å²) in [7, 11) is 1.66. The summed E-state index contributed by atoms with van der Waals surface area (Å²) in [6.45, 7) is 1.37. The summed E-state index contributed by atoms with van der Waals surface area (Å²) in [5, 5.41) is 2.87. The number of amides is 1. The molecule has 18 heavy (non-hydrogen) atoms. The summed E-state index contributed by atoms with van der Waals surface area (Å²) in [4.78, 5) is 11.5. The molecule has 1 aromatic carbocycles. The van der Waals surface area contributed by atoms with Gasteiger partial charge in [0.1, 0.15) is 0 Å². The minimum Gasteiger partial charge on any atom is -0.385 e. The maximum absolute atomic E-state index is 11.5. The van der Waals surface area contributed by atoms with Gasteiger partial charge in [0, 0.05) is 30.5 Å². The Morgan fingerprint density at radius 2 is 2.33 bits per heavy atom. The van der Waals surface area contributed by atoms with Crippen molar-refractivity contribution in [1.82, 2.24) is 5.32 Å². The molecule has 0 bridgehead atoms. The van der Waals surface area contributed by atoms with Crippen LogP contribution < -0.4 is 5.32 Å². The molecule has 0 saturated carbocycles. The van der Waals surface area contributed by atoms with E-state index in [2.05, 4.69) is 33.4 Å². The predicted molar refractivity (Wildman–Crippen MR) is 79.8 cm³/mol. The van der Waals surface area contributed by atoms with E-state index in [4.69, 9.17) is 4.74 Å². The number of halogens is 1. The Hall–Kier alpha value is -0.520. The van der Waals surface area contributed by atoms with Gasteiger partial charge in [-0.05, 0) is 24.1 Å². The van der Waals surface area contributed by atoms with E-state index in [0.717, 1.165) is 16.6 Å². The summed E-state index contributed by atoms with van der Waals surface area (Å²) in [6, 6.07) is 8.14. The highest BCUT2D eigenvalue weighted by atomic mass is 79.9. The lowest BCUT2D eigenvalue weighted by molar-refractivity contribution is -0.118. The molecular formula is C13H18BrNO2S. The van der Waals surface area contributed by atoms with E-state index in [-0.39, 0.29) is 5.91 Å². The van der Waals surface area contributed by atoms with Gasteiger partial charge < -0.3 is 10.1 Å². The van der Waals surface area contributed by atoms with E-state index >= 15 is 0 Å². The van der Waals surface area contributed by atoms with E-state index < -0.39 is 0 Å². The first-order valence-corrected chi connectivity index (χ1v) is 7.75. The molecule has 0 fully saturated rings. The zero-order chi connectivity index (χ0) is 13.2. The Balaban J connectivity index is 2.12. The zero-order valence-corrected chi connectivity index (χ0v) is 12.9. The average Bonchev–Trinajstić information content (AvgIpc) is 2.35. The van der Waals surface area contributed by atoms with E-state index in [1.165, 1.54) is 5.56 Å². The van der Waals surface area contributed by atoms with Crippen LogP contribution in [0.5, 0.6) is 0 Å². The first kappa shape index (κ1) is 15.5. The lowest BCUT2D eigenvalue weighted by Crippen LogP contribution is -2.26. The van der Waals surface area contributed by atoms with E-state index in [1.807, 2.05) is 12.1 Å². The first-order valence-electron chi connectivity index (χ1n) is 5.80. The van der Waals surface area contributed by atoms with Crippen molar-refractivity contribution in [2.75, 3.05) is 26.0 Å². The van der Waals surface area contributed by atoms with Gasteiger partial charge in [-0.25, -0.2) is 0 Å². The second kappa shape index (κ2) is 9.42. The third kappa shape index (κ3) is 7.03. The molecule has 0 aliphatic rings. The fraction of sp³-hybridized carbons (Fsp3) is 0.462. The van der Waals surface area contributed by atoms with Gasteiger partial charge in [-0.3, -0.25) is 4.79 Å². The lowest BCUT2D eigenvalue weighted by Gasteiger charge is -2.05. The Labute approximate surface area is 121 Å². The molecule has 1 amide bonds. The highest BCUT2D eigenvalue weighted by Gasteiger charge is 2.01. The minimum atomic E-state index is 0.0890. The number of carbonyl (C=O) groups is 1. The molecule has 0 aliphatic carbocycles. The molecule has 1 aromatic rings. The molecule has 0 heterocycles. The molecule has 0 atom stereocenters. The van der Waals surface area contributed by atoms with Crippen molar-refractivity contribution in [2.45, 2.75) is 12.2 Å². The van der Waals surface area contributed by atoms with Crippen molar-refractivity contribution < 1.29 is 9.53 Å². The molecule has 0 unspecified atom stereocenters. The second-order valence-electron chi connectivity index (χ2n) is 3.82. The predicted octanol–water partition coefficient (Wildman–Crippen LogP) is 2.84. The number of nitrogens with one attached hydrogen (secondary N) is 1. The molecule has 1 rings (SSSR count). The van der Waals surface area contributed by atoms with Crippen LogP contribution >= 0.6 is 27.7 Å². The van der Waals surface area contributed by atoms with Crippen LogP contribution in [0.3, 0.4) is 0 Å². The molecule has 0 aromatic heterocycles. The van der Waals surface area contributed by atoms with Gasteiger partial charge in [-0.1, -0.05) is 28.1 Å². The molecule has 0 aliphatic heterocycles. The molecule has 0 saturated heterocycles. The van der Waals surface area contributed by atoms with Crippen LogP contribution in [0.25, 0.3) is 0 Å². The van der Waals surface area contributed by atoms with Crippen molar-refractivity contribution in [3.05, 3.63) is 34.3 Å². The fourth-order valence-corrected chi connectivity index (χ4v) is 2.64. The molecule has 100 valence electrons. The summed E-state index contributed by atoms with van der Waals surface area (Å²) in [6.07, 6.45) is 0.860. The number of hydrogen-bond donors (Lipinski definition) is 1. The monoisotopic (exact) mass is 331 g/mol. The number of thioether (sulfide) groups is 1. The third-order valence-electron chi connectivity index (χ3n) is 2.24. The van der Waals surface area contributed by atoms with Crippen LogP contribution in [0.2, 0.25) is 0 Å². The van der Waals surface area contributed by atoms with Crippen LogP contribution in [0.4, 0.5) is 0 Å². The molecule has 5 heteroatoms. The van der Waals surface area contributed by atoms with Crippen molar-refractivity contribution in [2.24, 2.45) is 0 Å². The lowest BCUT2D eigenvalue weighted by atomic mass is 10.2. The van der Waals surface area contributed by atoms with Crippen LogP contribution in [0.15, 0.2) is 28.7 Å². The van der Waals surface area contributed by atoms with Crippen LogP contribution in [-0.4, -0.2) is 31.9 Å². The number of carbonyl (C=O) groups excluding carboxylic acids is 1. The van der Waals surface area contributed by atoms with Crippen molar-refractivity contribution >= 4 is 33.6 Å². The zero-order valence-electron chi connectivity index (χ0n) is 10.4. The van der Waals surface area contributed by atoms with E-state index in [9.17, 15) is 4.79 Å². The largest absolute Gasteiger partial charge is 0.385 e. The topological polar surface area (TPSA) is 38.3 Å². The summed E-state index contributed by atoms with van der Waals surface area (Å²) in [5.74, 6) is 1.44. The molecule has 1 N–H and O–H groups in total. The van der Waals surface area contributed by atoms with Gasteiger partial charge in [-0.2, -0.15) is 0 Å². The van der Waals surface area contributed by atoms with Gasteiger partial charge in [0.2, 0.25) is 5.91 Å². The van der Waals surface area contributed by atoms with E-state index in [1.54, 1.807) is 18.9 Å². The number of benzene rings is 1. The van der Waals surface area contributed by atoms with Crippen molar-refractivity contribution in [1.29, 1.82) is 0 Å². The summed E-state index contributed by atoms with van der Waals surface area (Å²) in [5.41, 5.74) is 1.22. The highest BCUT2D eigenvalue weighted by Crippen LogP contribution is 2.16. The standard InChI is InChI=1S/C13H18BrNO2S/c1-17-7-3-6-15-13(16)10-18-9-11-4-2-5-12(14)8-11/h2,4-5,8H,3,6-7,9-10H2,1H3,(H,15,16). The Kier molecular flexibility index (Phi) is 8.13. The van der Waals surface area contributed by atoms with Gasteiger partial charge in [0.15, 0.2) is 0 Å². The molecule has 3 nitrogen and oxygen atoms in total. The van der Waals surface area contributed by atoms with Crippen molar-refractivity contribution in [3.8, 4) is 0 Å². The van der Waals surface area contributed by atoms with Gasteiger partial charge in [-0.15, -0.1) is 11.8 Å². The number of hydrogen-bond acceptors (Lipinski definition) is 3. The number of methoxy groups -OCH3 is 1.